The maximum atomic E-state index is 6.48. The van der Waals surface area contributed by atoms with Crippen LogP contribution in [0.3, 0.4) is 0 Å². The Hall–Kier alpha value is -6.85. The van der Waals surface area contributed by atoms with Gasteiger partial charge in [0.05, 0.1) is 0 Å². The van der Waals surface area contributed by atoms with E-state index in [-0.39, 0.29) is 5.41 Å². The number of hydrogen-bond acceptors (Lipinski definition) is 5. The third-order valence-electron chi connectivity index (χ3n) is 10.9. The fraction of sp³-hybridized carbons (Fsp3) is 0.0625. The van der Waals surface area contributed by atoms with Crippen molar-refractivity contribution in [2.45, 2.75) is 19.3 Å². The summed E-state index contributed by atoms with van der Waals surface area (Å²) in [6, 6.07) is 52.4. The molecule has 0 aliphatic heterocycles. The Balaban J connectivity index is 1.08. The van der Waals surface area contributed by atoms with Crippen molar-refractivity contribution in [2.75, 3.05) is 0 Å². The van der Waals surface area contributed by atoms with Crippen LogP contribution in [0.5, 0.6) is 0 Å². The predicted molar refractivity (Wildman–Crippen MR) is 214 cm³/mol. The summed E-state index contributed by atoms with van der Waals surface area (Å²) < 4.78 is 12.7. The molecule has 53 heavy (non-hydrogen) atoms. The molecule has 250 valence electrons. The van der Waals surface area contributed by atoms with Crippen LogP contribution in [0.15, 0.2) is 160 Å². The Kier molecular flexibility index (Phi) is 6.23. The van der Waals surface area contributed by atoms with Gasteiger partial charge >= 0.3 is 0 Å². The molecule has 0 radical (unpaired) electrons. The van der Waals surface area contributed by atoms with Crippen LogP contribution in [0.1, 0.15) is 25.0 Å². The lowest BCUT2D eigenvalue weighted by atomic mass is 9.80. The maximum Gasteiger partial charge on any atom is 0.164 e. The van der Waals surface area contributed by atoms with Gasteiger partial charge in [-0.05, 0) is 69.8 Å². The second-order valence-corrected chi connectivity index (χ2v) is 14.4. The molecule has 5 heteroatoms. The second kappa shape index (κ2) is 11.1. The van der Waals surface area contributed by atoms with Crippen molar-refractivity contribution in [3.63, 3.8) is 0 Å². The van der Waals surface area contributed by atoms with E-state index in [9.17, 15) is 0 Å². The predicted octanol–water partition coefficient (Wildman–Crippen LogP) is 12.6. The van der Waals surface area contributed by atoms with Crippen LogP contribution in [0.2, 0.25) is 0 Å². The molecule has 7 aromatic carbocycles. The summed E-state index contributed by atoms with van der Waals surface area (Å²) in [6.45, 7) is 4.65. The van der Waals surface area contributed by atoms with E-state index in [1.807, 2.05) is 60.7 Å². The molecule has 1 aliphatic carbocycles. The molecular formula is C48H31N3O2. The summed E-state index contributed by atoms with van der Waals surface area (Å²) in [5.74, 6) is 1.82. The Labute approximate surface area is 305 Å². The Morgan fingerprint density at radius 1 is 0.396 bits per heavy atom. The lowest BCUT2D eigenvalue weighted by Gasteiger charge is -2.22. The molecule has 3 aromatic heterocycles. The topological polar surface area (TPSA) is 65.0 Å². The smallest absolute Gasteiger partial charge is 0.164 e. The van der Waals surface area contributed by atoms with Gasteiger partial charge in [-0.25, -0.2) is 15.0 Å². The van der Waals surface area contributed by atoms with Crippen molar-refractivity contribution in [3.05, 3.63) is 163 Å². The fourth-order valence-corrected chi connectivity index (χ4v) is 8.46. The maximum absolute atomic E-state index is 6.48. The fourth-order valence-electron chi connectivity index (χ4n) is 8.46. The van der Waals surface area contributed by atoms with E-state index in [1.54, 1.807) is 0 Å². The van der Waals surface area contributed by atoms with E-state index in [4.69, 9.17) is 23.8 Å². The molecule has 0 spiro atoms. The molecule has 3 heterocycles. The average Bonchev–Trinajstić information content (AvgIpc) is 3.85. The minimum atomic E-state index is -0.155. The van der Waals surface area contributed by atoms with Gasteiger partial charge in [-0.2, -0.15) is 0 Å². The normalized spacial score (nSPS) is 13.2. The zero-order valence-corrected chi connectivity index (χ0v) is 29.1. The van der Waals surface area contributed by atoms with Gasteiger partial charge in [0.25, 0.3) is 0 Å². The van der Waals surface area contributed by atoms with Crippen LogP contribution < -0.4 is 0 Å². The van der Waals surface area contributed by atoms with Crippen LogP contribution in [0, 0.1) is 0 Å². The van der Waals surface area contributed by atoms with Gasteiger partial charge in [0.2, 0.25) is 0 Å². The van der Waals surface area contributed by atoms with E-state index in [0.29, 0.717) is 17.5 Å². The molecule has 0 unspecified atom stereocenters. The molecule has 10 aromatic rings. The lowest BCUT2D eigenvalue weighted by Crippen LogP contribution is -2.15. The number of nitrogens with zero attached hydrogens (tertiary/aromatic N) is 3. The molecule has 0 saturated carbocycles. The van der Waals surface area contributed by atoms with Crippen LogP contribution >= 0.6 is 0 Å². The summed E-state index contributed by atoms with van der Waals surface area (Å²) >= 11 is 0. The first kappa shape index (κ1) is 29.8. The number of hydrogen-bond donors (Lipinski definition) is 0. The van der Waals surface area contributed by atoms with Crippen molar-refractivity contribution in [3.8, 4) is 56.4 Å². The van der Waals surface area contributed by atoms with Gasteiger partial charge in [-0.15, -0.1) is 0 Å². The highest BCUT2D eigenvalue weighted by Gasteiger charge is 2.37. The summed E-state index contributed by atoms with van der Waals surface area (Å²) in [4.78, 5) is 15.3. The number of para-hydroxylation sites is 1. The Bertz CT molecular complexity index is 3100. The zero-order chi connectivity index (χ0) is 35.3. The second-order valence-electron chi connectivity index (χ2n) is 14.4. The summed E-state index contributed by atoms with van der Waals surface area (Å²) in [6.07, 6.45) is 0. The number of benzene rings is 7. The summed E-state index contributed by atoms with van der Waals surface area (Å²) in [5, 5.41) is 4.33. The molecule has 0 amide bonds. The standard InChI is InChI=1S/C48H31N3O2/c1-48(2)37-19-8-6-16-32(37)33-23-25-41-43(44(33)48)36-27-30(22-24-39(36)53-41)29-14-10-15-31(26-29)46-49-45(28-12-4-3-5-13-28)50-47(51-46)35-18-11-21-40-42(35)34-17-7-9-20-38(34)52-40/h3-27H,1-2H3. The van der Waals surface area contributed by atoms with E-state index >= 15 is 0 Å². The highest BCUT2D eigenvalue weighted by Crippen LogP contribution is 2.53. The summed E-state index contributed by atoms with van der Waals surface area (Å²) in [7, 11) is 0. The van der Waals surface area contributed by atoms with Gasteiger partial charge in [0.15, 0.2) is 17.5 Å². The number of fused-ring (bicyclic) bond motifs is 10. The number of rotatable bonds is 4. The van der Waals surface area contributed by atoms with Gasteiger partial charge in [0, 0.05) is 43.7 Å². The van der Waals surface area contributed by atoms with Crippen LogP contribution in [-0.4, -0.2) is 15.0 Å². The van der Waals surface area contributed by atoms with E-state index in [0.717, 1.165) is 66.3 Å². The first-order valence-corrected chi connectivity index (χ1v) is 17.9. The monoisotopic (exact) mass is 681 g/mol. The molecule has 0 N–H and O–H groups in total. The van der Waals surface area contributed by atoms with Crippen LogP contribution in [0.25, 0.3) is 100 Å². The average molecular weight is 682 g/mol. The first-order valence-electron chi connectivity index (χ1n) is 17.9. The quantitative estimate of drug-likeness (QED) is 0.185. The van der Waals surface area contributed by atoms with Crippen molar-refractivity contribution in [2.24, 2.45) is 0 Å². The molecule has 11 rings (SSSR count). The molecule has 0 atom stereocenters. The lowest BCUT2D eigenvalue weighted by molar-refractivity contribution is 0.657. The van der Waals surface area contributed by atoms with Crippen molar-refractivity contribution >= 4 is 43.9 Å². The van der Waals surface area contributed by atoms with Crippen LogP contribution in [-0.2, 0) is 5.41 Å². The summed E-state index contributed by atoms with van der Waals surface area (Å²) in [5.41, 5.74) is 13.4. The zero-order valence-electron chi connectivity index (χ0n) is 29.1. The highest BCUT2D eigenvalue weighted by atomic mass is 16.3. The van der Waals surface area contributed by atoms with Crippen LogP contribution in [0.4, 0.5) is 0 Å². The molecular weight excluding hydrogens is 651 g/mol. The Morgan fingerprint density at radius 3 is 1.89 bits per heavy atom. The minimum Gasteiger partial charge on any atom is -0.456 e. The molecule has 5 nitrogen and oxygen atoms in total. The van der Waals surface area contributed by atoms with E-state index in [1.165, 1.54) is 27.6 Å². The van der Waals surface area contributed by atoms with Gasteiger partial charge < -0.3 is 8.83 Å². The van der Waals surface area contributed by atoms with Crippen molar-refractivity contribution in [1.82, 2.24) is 15.0 Å². The largest absolute Gasteiger partial charge is 0.456 e. The van der Waals surface area contributed by atoms with Crippen molar-refractivity contribution in [1.29, 1.82) is 0 Å². The van der Waals surface area contributed by atoms with Gasteiger partial charge in [0.1, 0.15) is 22.3 Å². The third kappa shape index (κ3) is 4.47. The van der Waals surface area contributed by atoms with Gasteiger partial charge in [-0.1, -0.05) is 129 Å². The molecule has 0 saturated heterocycles. The molecule has 1 aliphatic rings. The van der Waals surface area contributed by atoms with E-state index < -0.39 is 0 Å². The highest BCUT2D eigenvalue weighted by molar-refractivity contribution is 6.13. The third-order valence-corrected chi connectivity index (χ3v) is 10.9. The number of furan rings is 2. The molecule has 0 bridgehead atoms. The Morgan fingerprint density at radius 2 is 1.00 bits per heavy atom. The first-order chi connectivity index (χ1) is 26.0. The minimum absolute atomic E-state index is 0.155. The van der Waals surface area contributed by atoms with Crippen molar-refractivity contribution < 1.29 is 8.83 Å². The van der Waals surface area contributed by atoms with Gasteiger partial charge in [-0.3, -0.25) is 0 Å². The number of aromatic nitrogens is 3. The van der Waals surface area contributed by atoms with E-state index in [2.05, 4.69) is 105 Å². The SMILES string of the molecule is CC1(C)c2ccccc2-c2ccc3oc4ccc(-c5cccc(-c6nc(-c7ccccc7)nc(-c7cccc8oc9ccccc9c78)n6)c5)cc4c3c21. The molecule has 0 fully saturated rings.